The van der Waals surface area contributed by atoms with E-state index in [0.717, 1.165) is 24.9 Å². The Bertz CT molecular complexity index is 640. The fraction of sp³-hybridized carbons (Fsp3) is 0.429. The molecule has 2 saturated heterocycles. The molecule has 144 valence electrons. The van der Waals surface area contributed by atoms with Gasteiger partial charge in [0.2, 0.25) is 0 Å². The first-order chi connectivity index (χ1) is 13.1. The Morgan fingerprint density at radius 3 is 1.48 bits per heavy atom. The van der Waals surface area contributed by atoms with Crippen LogP contribution in [0.15, 0.2) is 60.7 Å². The molecule has 0 saturated carbocycles. The lowest BCUT2D eigenvalue weighted by Crippen LogP contribution is -2.52. The first-order valence-corrected chi connectivity index (χ1v) is 9.44. The van der Waals surface area contributed by atoms with Crippen molar-refractivity contribution in [1.29, 1.82) is 0 Å². The maximum Gasteiger partial charge on any atom is 0.291 e. The summed E-state index contributed by atoms with van der Waals surface area (Å²) >= 11 is 0. The molecule has 0 atom stereocenters. The van der Waals surface area contributed by atoms with Gasteiger partial charge in [-0.05, 0) is 29.4 Å². The summed E-state index contributed by atoms with van der Waals surface area (Å²) in [7, 11) is 0. The number of benzene rings is 2. The van der Waals surface area contributed by atoms with E-state index in [1.54, 1.807) is 0 Å². The van der Waals surface area contributed by atoms with Gasteiger partial charge in [0, 0.05) is 39.3 Å². The van der Waals surface area contributed by atoms with Gasteiger partial charge in [-0.15, -0.1) is 10.1 Å². The van der Waals surface area contributed by atoms with Crippen LogP contribution in [0, 0.1) is 22.0 Å². The Morgan fingerprint density at radius 2 is 1.15 bits per heavy atom. The third-order valence-electron chi connectivity index (χ3n) is 5.23. The van der Waals surface area contributed by atoms with Gasteiger partial charge < -0.3 is 5.21 Å². The van der Waals surface area contributed by atoms with E-state index in [2.05, 4.69) is 70.5 Å². The predicted molar refractivity (Wildman–Crippen MR) is 104 cm³/mol. The highest BCUT2D eigenvalue weighted by Gasteiger charge is 2.33. The van der Waals surface area contributed by atoms with Crippen LogP contribution in [0.2, 0.25) is 0 Å². The number of hydrogen-bond acceptors (Lipinski definition) is 4. The van der Waals surface area contributed by atoms with E-state index in [1.165, 1.54) is 43.7 Å². The first-order valence-electron chi connectivity index (χ1n) is 9.44. The van der Waals surface area contributed by atoms with Crippen molar-refractivity contribution in [3.8, 4) is 0 Å². The molecule has 2 aromatic carbocycles. The summed E-state index contributed by atoms with van der Waals surface area (Å²) in [5.74, 6) is 1.69. The minimum atomic E-state index is -1.50. The monoisotopic (exact) mass is 369 g/mol. The number of likely N-dealkylation sites (tertiary alicyclic amines) is 2. The van der Waals surface area contributed by atoms with Gasteiger partial charge in [-0.25, -0.2) is 0 Å². The summed E-state index contributed by atoms with van der Waals surface area (Å²) in [6.45, 7) is 7.28. The molecule has 27 heavy (non-hydrogen) atoms. The topological polar surface area (TPSA) is 69.8 Å². The average molecular weight is 369 g/mol. The van der Waals surface area contributed by atoms with Crippen LogP contribution in [0.25, 0.3) is 0 Å². The molecule has 6 nitrogen and oxygen atoms in total. The van der Waals surface area contributed by atoms with Crippen molar-refractivity contribution in [2.45, 2.75) is 19.5 Å². The molecule has 2 aromatic rings. The van der Waals surface area contributed by atoms with Gasteiger partial charge in [-0.1, -0.05) is 60.7 Å². The molecule has 2 bridgehead atoms. The third-order valence-corrected chi connectivity index (χ3v) is 5.23. The molecule has 0 unspecified atom stereocenters. The number of nitrogens with zero attached hydrogens (tertiary/aromatic N) is 3. The maximum absolute atomic E-state index is 8.36. The first kappa shape index (κ1) is 19.3. The fourth-order valence-electron chi connectivity index (χ4n) is 4.44. The molecule has 4 rings (SSSR count). The van der Waals surface area contributed by atoms with Crippen LogP contribution < -0.4 is 0 Å². The van der Waals surface area contributed by atoms with Gasteiger partial charge in [-0.3, -0.25) is 9.80 Å². The molecule has 0 aromatic heterocycles. The molecule has 2 fully saturated rings. The fourth-order valence-corrected chi connectivity index (χ4v) is 4.44. The van der Waals surface area contributed by atoms with Crippen molar-refractivity contribution in [3.05, 3.63) is 81.9 Å². The van der Waals surface area contributed by atoms with Crippen molar-refractivity contribution in [2.24, 2.45) is 11.8 Å². The summed E-state index contributed by atoms with van der Waals surface area (Å²) in [5, 5.41) is 13.6. The van der Waals surface area contributed by atoms with E-state index in [9.17, 15) is 0 Å². The average Bonchev–Trinajstić information content (AvgIpc) is 2.62. The summed E-state index contributed by atoms with van der Waals surface area (Å²) in [6, 6.07) is 21.9. The highest BCUT2D eigenvalue weighted by molar-refractivity contribution is 5.16. The maximum atomic E-state index is 8.36. The van der Waals surface area contributed by atoms with Gasteiger partial charge in [0.15, 0.2) is 0 Å². The van der Waals surface area contributed by atoms with Crippen LogP contribution in [0.3, 0.4) is 0 Å². The van der Waals surface area contributed by atoms with E-state index in [-0.39, 0.29) is 0 Å². The Kier molecular flexibility index (Phi) is 6.79. The van der Waals surface area contributed by atoms with E-state index < -0.39 is 5.09 Å². The minimum Gasteiger partial charge on any atom is -0.328 e. The second-order valence-corrected chi connectivity index (χ2v) is 7.56. The molecular formula is C21H27N3O3. The van der Waals surface area contributed by atoms with E-state index in [0.29, 0.717) is 0 Å². The van der Waals surface area contributed by atoms with Crippen molar-refractivity contribution in [2.75, 3.05) is 26.2 Å². The van der Waals surface area contributed by atoms with E-state index >= 15 is 0 Å². The van der Waals surface area contributed by atoms with E-state index in [1.807, 2.05) is 0 Å². The van der Waals surface area contributed by atoms with Crippen LogP contribution in [-0.4, -0.2) is 46.3 Å². The zero-order chi connectivity index (χ0) is 19.1. The summed E-state index contributed by atoms with van der Waals surface area (Å²) in [4.78, 5) is 13.7. The lowest BCUT2D eigenvalue weighted by atomic mass is 9.84. The Balaban J connectivity index is 0.000000481. The Hall–Kier alpha value is -2.44. The normalized spacial score (nSPS) is 22.5. The van der Waals surface area contributed by atoms with Crippen molar-refractivity contribution >= 4 is 0 Å². The molecule has 0 aliphatic carbocycles. The zero-order valence-corrected chi connectivity index (χ0v) is 15.5. The minimum absolute atomic E-state index is 0.843. The molecule has 2 aliphatic heterocycles. The van der Waals surface area contributed by atoms with Crippen LogP contribution in [0.4, 0.5) is 0 Å². The standard InChI is InChI=1S/C21H26N2.HNO3/c1-3-7-18(8-4-1)12-22-14-20-11-21(15-22)17-23(16-20)13-19-9-5-2-6-10-19;2-1(3)4/h1-10,20-21H,11-17H2;(H,2,3,4). The predicted octanol–water partition coefficient (Wildman–Crippen LogP) is 3.29. The smallest absolute Gasteiger partial charge is 0.291 e. The lowest BCUT2D eigenvalue weighted by molar-refractivity contribution is -0.742. The Morgan fingerprint density at radius 1 is 0.815 bits per heavy atom. The Labute approximate surface area is 160 Å². The number of hydrogen-bond donors (Lipinski definition) is 1. The zero-order valence-electron chi connectivity index (χ0n) is 15.5. The molecule has 6 heteroatoms. The van der Waals surface area contributed by atoms with Crippen molar-refractivity contribution in [1.82, 2.24) is 9.80 Å². The number of rotatable bonds is 4. The van der Waals surface area contributed by atoms with Crippen molar-refractivity contribution in [3.63, 3.8) is 0 Å². The quantitative estimate of drug-likeness (QED) is 0.661. The van der Waals surface area contributed by atoms with E-state index in [4.69, 9.17) is 15.3 Å². The molecule has 2 aliphatic rings. The summed E-state index contributed by atoms with van der Waals surface area (Å²) in [5.41, 5.74) is 2.90. The second-order valence-electron chi connectivity index (χ2n) is 7.56. The molecule has 0 radical (unpaired) electrons. The van der Waals surface area contributed by atoms with Crippen LogP contribution in [0.1, 0.15) is 17.5 Å². The SMILES string of the molecule is O=[N+]([O-])O.c1ccc(CN2CC3CC(C2)CN(Cc2ccccc2)C3)cc1. The molecule has 0 amide bonds. The summed E-state index contributed by atoms with van der Waals surface area (Å²) in [6.07, 6.45) is 1.43. The highest BCUT2D eigenvalue weighted by atomic mass is 16.9. The van der Waals surface area contributed by atoms with Crippen LogP contribution in [-0.2, 0) is 13.1 Å². The van der Waals surface area contributed by atoms with Crippen LogP contribution in [0.5, 0.6) is 0 Å². The van der Waals surface area contributed by atoms with Gasteiger partial charge >= 0.3 is 0 Å². The highest BCUT2D eigenvalue weighted by Crippen LogP contribution is 2.30. The third kappa shape index (κ3) is 6.34. The lowest BCUT2D eigenvalue weighted by Gasteiger charge is -2.46. The van der Waals surface area contributed by atoms with Crippen LogP contribution >= 0.6 is 0 Å². The number of piperidine rings is 2. The summed E-state index contributed by atoms with van der Waals surface area (Å²) < 4.78 is 0. The van der Waals surface area contributed by atoms with Crippen molar-refractivity contribution < 1.29 is 10.3 Å². The molecular weight excluding hydrogens is 342 g/mol. The second kappa shape index (κ2) is 9.48. The van der Waals surface area contributed by atoms with Gasteiger partial charge in [-0.2, -0.15) is 0 Å². The molecule has 0 spiro atoms. The molecule has 1 N–H and O–H groups in total. The largest absolute Gasteiger partial charge is 0.328 e. The number of fused-ring (bicyclic) bond motifs is 2. The van der Waals surface area contributed by atoms with Gasteiger partial charge in [0.1, 0.15) is 0 Å². The molecule has 2 heterocycles. The van der Waals surface area contributed by atoms with Gasteiger partial charge in [0.25, 0.3) is 5.09 Å². The van der Waals surface area contributed by atoms with Gasteiger partial charge in [0.05, 0.1) is 0 Å².